The summed E-state index contributed by atoms with van der Waals surface area (Å²) in [6.07, 6.45) is 4.24. The maximum Gasteiger partial charge on any atom is 0.269 e. The topological polar surface area (TPSA) is 75.4 Å². The van der Waals surface area contributed by atoms with Crippen LogP contribution in [0.1, 0.15) is 44.3 Å². The van der Waals surface area contributed by atoms with Crippen LogP contribution in [-0.2, 0) is 0 Å². The summed E-state index contributed by atoms with van der Waals surface area (Å²) in [5, 5.41) is 24.1. The van der Waals surface area contributed by atoms with E-state index in [1.807, 2.05) is 0 Å². The Kier molecular flexibility index (Phi) is 5.09. The van der Waals surface area contributed by atoms with Crippen molar-refractivity contribution in [1.82, 2.24) is 5.32 Å². The summed E-state index contributed by atoms with van der Waals surface area (Å²) < 4.78 is 0. The van der Waals surface area contributed by atoms with Crippen molar-refractivity contribution in [3.05, 3.63) is 39.9 Å². The van der Waals surface area contributed by atoms with E-state index < -0.39 is 11.0 Å². The van der Waals surface area contributed by atoms with Gasteiger partial charge in [-0.3, -0.25) is 10.1 Å². The number of nitrogens with one attached hydrogen (secondary N) is 1. The second-order valence-electron chi connectivity index (χ2n) is 5.74. The highest BCUT2D eigenvalue weighted by molar-refractivity contribution is 5.33. The molecule has 0 spiro atoms. The number of hydrogen-bond acceptors (Lipinski definition) is 4. The Labute approximate surface area is 119 Å². The van der Waals surface area contributed by atoms with Gasteiger partial charge in [-0.05, 0) is 36.5 Å². The monoisotopic (exact) mass is 278 g/mol. The molecule has 5 heteroatoms. The SMILES string of the molecule is CC1CCCC(NCC(O)c2ccc([N+](=O)[O-])cc2)C1. The minimum Gasteiger partial charge on any atom is -0.387 e. The third kappa shape index (κ3) is 4.02. The fourth-order valence-corrected chi connectivity index (χ4v) is 2.83. The maximum absolute atomic E-state index is 10.6. The second kappa shape index (κ2) is 6.81. The standard InChI is InChI=1S/C15H22N2O3/c1-11-3-2-4-13(9-11)16-10-15(18)12-5-7-14(8-6-12)17(19)20/h5-8,11,13,15-16,18H,2-4,9-10H2,1H3. The molecule has 1 fully saturated rings. The minimum absolute atomic E-state index is 0.0509. The van der Waals surface area contributed by atoms with E-state index in [2.05, 4.69) is 12.2 Å². The van der Waals surface area contributed by atoms with Gasteiger partial charge in [0.1, 0.15) is 0 Å². The Hall–Kier alpha value is -1.46. The summed E-state index contributed by atoms with van der Waals surface area (Å²) in [7, 11) is 0. The number of aliphatic hydroxyl groups is 1. The lowest BCUT2D eigenvalue weighted by molar-refractivity contribution is -0.384. The second-order valence-corrected chi connectivity index (χ2v) is 5.74. The van der Waals surface area contributed by atoms with Gasteiger partial charge in [0.15, 0.2) is 0 Å². The van der Waals surface area contributed by atoms with Gasteiger partial charge in [-0.1, -0.05) is 19.8 Å². The first-order chi connectivity index (χ1) is 9.56. The Bertz CT molecular complexity index is 447. The molecule has 3 atom stereocenters. The number of nitro benzene ring substituents is 1. The van der Waals surface area contributed by atoms with E-state index in [1.54, 1.807) is 12.1 Å². The number of non-ortho nitro benzene ring substituents is 1. The lowest BCUT2D eigenvalue weighted by atomic mass is 9.87. The first-order valence-corrected chi connectivity index (χ1v) is 7.22. The average Bonchev–Trinajstić information content (AvgIpc) is 2.45. The van der Waals surface area contributed by atoms with Crippen LogP contribution in [0.5, 0.6) is 0 Å². The molecule has 0 aliphatic heterocycles. The number of hydrogen-bond donors (Lipinski definition) is 2. The molecule has 1 saturated carbocycles. The molecule has 1 aliphatic rings. The number of nitrogens with zero attached hydrogens (tertiary/aromatic N) is 1. The first-order valence-electron chi connectivity index (χ1n) is 7.22. The first kappa shape index (κ1) is 14.9. The molecule has 0 bridgehead atoms. The maximum atomic E-state index is 10.6. The van der Waals surface area contributed by atoms with Gasteiger partial charge >= 0.3 is 0 Å². The number of nitro groups is 1. The zero-order valence-electron chi connectivity index (χ0n) is 11.8. The lowest BCUT2D eigenvalue weighted by Gasteiger charge is -2.28. The molecule has 5 nitrogen and oxygen atoms in total. The molecule has 20 heavy (non-hydrogen) atoms. The minimum atomic E-state index is -0.618. The number of aliphatic hydroxyl groups excluding tert-OH is 1. The van der Waals surface area contributed by atoms with Gasteiger partial charge in [0.2, 0.25) is 0 Å². The highest BCUT2D eigenvalue weighted by Crippen LogP contribution is 2.24. The summed E-state index contributed by atoms with van der Waals surface area (Å²) in [5.41, 5.74) is 0.766. The van der Waals surface area contributed by atoms with Gasteiger partial charge in [0, 0.05) is 24.7 Å². The molecule has 0 radical (unpaired) electrons. The number of benzene rings is 1. The molecule has 0 saturated heterocycles. The highest BCUT2D eigenvalue weighted by atomic mass is 16.6. The van der Waals surface area contributed by atoms with Crippen LogP contribution in [0.3, 0.4) is 0 Å². The summed E-state index contributed by atoms with van der Waals surface area (Å²) in [4.78, 5) is 10.1. The Balaban J connectivity index is 1.84. The van der Waals surface area contributed by atoms with Crippen molar-refractivity contribution in [2.45, 2.75) is 44.8 Å². The van der Waals surface area contributed by atoms with Crippen LogP contribution in [0.2, 0.25) is 0 Å². The molecule has 2 rings (SSSR count). The van der Waals surface area contributed by atoms with Crippen molar-refractivity contribution >= 4 is 5.69 Å². The predicted molar refractivity (Wildman–Crippen MR) is 77.5 cm³/mol. The van der Waals surface area contributed by atoms with E-state index in [-0.39, 0.29) is 5.69 Å². The fourth-order valence-electron chi connectivity index (χ4n) is 2.83. The zero-order chi connectivity index (χ0) is 14.5. The molecule has 0 aromatic heterocycles. The van der Waals surface area contributed by atoms with Gasteiger partial charge in [-0.25, -0.2) is 0 Å². The van der Waals surface area contributed by atoms with E-state index in [0.717, 1.165) is 18.8 Å². The lowest BCUT2D eigenvalue weighted by Crippen LogP contribution is -2.36. The van der Waals surface area contributed by atoms with E-state index in [0.29, 0.717) is 18.2 Å². The molecule has 110 valence electrons. The molecule has 0 amide bonds. The molecular formula is C15H22N2O3. The molecule has 1 aromatic rings. The van der Waals surface area contributed by atoms with Gasteiger partial charge in [0.05, 0.1) is 11.0 Å². The molecule has 3 unspecified atom stereocenters. The zero-order valence-corrected chi connectivity index (χ0v) is 11.8. The van der Waals surface area contributed by atoms with Crippen LogP contribution in [0.25, 0.3) is 0 Å². The fraction of sp³-hybridized carbons (Fsp3) is 0.600. The van der Waals surface area contributed by atoms with E-state index in [9.17, 15) is 15.2 Å². The van der Waals surface area contributed by atoms with Crippen LogP contribution in [0, 0.1) is 16.0 Å². The Morgan fingerprint density at radius 2 is 2.10 bits per heavy atom. The van der Waals surface area contributed by atoms with E-state index >= 15 is 0 Å². The van der Waals surface area contributed by atoms with Crippen LogP contribution in [0.4, 0.5) is 5.69 Å². The van der Waals surface area contributed by atoms with Crippen molar-refractivity contribution < 1.29 is 10.0 Å². The van der Waals surface area contributed by atoms with E-state index in [4.69, 9.17) is 0 Å². The quantitative estimate of drug-likeness (QED) is 0.641. The third-order valence-electron chi connectivity index (χ3n) is 4.02. The van der Waals surface area contributed by atoms with Crippen molar-refractivity contribution in [3.63, 3.8) is 0 Å². The highest BCUT2D eigenvalue weighted by Gasteiger charge is 2.19. The van der Waals surface area contributed by atoms with Crippen LogP contribution >= 0.6 is 0 Å². The summed E-state index contributed by atoms with van der Waals surface area (Å²) >= 11 is 0. The summed E-state index contributed by atoms with van der Waals surface area (Å²) in [6.45, 7) is 2.76. The number of rotatable bonds is 5. The smallest absolute Gasteiger partial charge is 0.269 e. The van der Waals surface area contributed by atoms with Gasteiger partial charge in [0.25, 0.3) is 5.69 Å². The van der Waals surface area contributed by atoms with Gasteiger partial charge in [-0.15, -0.1) is 0 Å². The molecular weight excluding hydrogens is 256 g/mol. The average molecular weight is 278 g/mol. The molecule has 1 aliphatic carbocycles. The van der Waals surface area contributed by atoms with Gasteiger partial charge < -0.3 is 10.4 Å². The third-order valence-corrected chi connectivity index (χ3v) is 4.02. The van der Waals surface area contributed by atoms with Crippen LogP contribution < -0.4 is 5.32 Å². The summed E-state index contributed by atoms with van der Waals surface area (Å²) in [5.74, 6) is 0.748. The van der Waals surface area contributed by atoms with Gasteiger partial charge in [-0.2, -0.15) is 0 Å². The van der Waals surface area contributed by atoms with Crippen molar-refractivity contribution in [2.75, 3.05) is 6.54 Å². The van der Waals surface area contributed by atoms with Crippen LogP contribution in [0.15, 0.2) is 24.3 Å². The molecule has 1 aromatic carbocycles. The van der Waals surface area contributed by atoms with Crippen molar-refractivity contribution in [2.24, 2.45) is 5.92 Å². The van der Waals surface area contributed by atoms with Crippen molar-refractivity contribution in [1.29, 1.82) is 0 Å². The molecule has 2 N–H and O–H groups in total. The normalized spacial score (nSPS) is 24.3. The largest absolute Gasteiger partial charge is 0.387 e. The predicted octanol–water partition coefficient (Wildman–Crippen LogP) is 2.80. The Morgan fingerprint density at radius 3 is 2.70 bits per heavy atom. The van der Waals surface area contributed by atoms with E-state index in [1.165, 1.54) is 25.0 Å². The van der Waals surface area contributed by atoms with Crippen LogP contribution in [-0.4, -0.2) is 22.6 Å². The Morgan fingerprint density at radius 1 is 1.40 bits per heavy atom. The van der Waals surface area contributed by atoms with Crippen molar-refractivity contribution in [3.8, 4) is 0 Å². The molecule has 0 heterocycles. The summed E-state index contributed by atoms with van der Waals surface area (Å²) in [6, 6.07) is 6.58.